The van der Waals surface area contributed by atoms with Crippen LogP contribution in [-0.2, 0) is 14.2 Å². The van der Waals surface area contributed by atoms with Crippen molar-refractivity contribution in [2.45, 2.75) is 13.8 Å². The lowest BCUT2D eigenvalue weighted by Crippen LogP contribution is -2.07. The van der Waals surface area contributed by atoms with Gasteiger partial charge in [-0.2, -0.15) is 0 Å². The minimum absolute atomic E-state index is 0.566. The number of hydrogen-bond acceptors (Lipinski definition) is 3. The summed E-state index contributed by atoms with van der Waals surface area (Å²) >= 11 is 0. The zero-order chi connectivity index (χ0) is 13.1. The molecule has 1 aromatic carbocycles. The third-order valence-electron chi connectivity index (χ3n) is 2.41. The maximum atomic E-state index is 5.43. The molecular weight excluding hydrogens is 228 g/mol. The van der Waals surface area contributed by atoms with Gasteiger partial charge in [0.05, 0.1) is 26.1 Å². The molecule has 0 aliphatic rings. The monoisotopic (exact) mass is 250 g/mol. The molecule has 3 nitrogen and oxygen atoms in total. The van der Waals surface area contributed by atoms with E-state index in [1.807, 2.05) is 32.0 Å². The summed E-state index contributed by atoms with van der Waals surface area (Å²) in [7, 11) is 0. The quantitative estimate of drug-likeness (QED) is 0.498. The Labute approximate surface area is 109 Å². The van der Waals surface area contributed by atoms with Gasteiger partial charge in [0, 0.05) is 6.61 Å². The van der Waals surface area contributed by atoms with Gasteiger partial charge in [-0.25, -0.2) is 0 Å². The average molecular weight is 250 g/mol. The largest absolute Gasteiger partial charge is 0.498 e. The molecule has 0 aromatic heterocycles. The first kappa shape index (κ1) is 14.7. The summed E-state index contributed by atoms with van der Waals surface area (Å²) in [6, 6.07) is 10.2. The van der Waals surface area contributed by atoms with Crippen LogP contribution >= 0.6 is 0 Å². The number of hydrogen-bond donors (Lipinski definition) is 0. The second kappa shape index (κ2) is 9.68. The Hall–Kier alpha value is -1.32. The molecule has 0 saturated carbocycles. The molecule has 18 heavy (non-hydrogen) atoms. The standard InChI is InChI=1S/C15H22O3/c1-3-16-9-10-17-11-12-18-13-14(2)15-7-5-4-6-8-15/h4-8,13H,3,9-12H2,1-2H3. The van der Waals surface area contributed by atoms with E-state index in [2.05, 4.69) is 12.1 Å². The summed E-state index contributed by atoms with van der Waals surface area (Å²) < 4.78 is 15.9. The molecule has 1 rings (SSSR count). The van der Waals surface area contributed by atoms with Crippen molar-refractivity contribution in [3.8, 4) is 0 Å². The van der Waals surface area contributed by atoms with Gasteiger partial charge >= 0.3 is 0 Å². The van der Waals surface area contributed by atoms with Gasteiger partial charge < -0.3 is 14.2 Å². The molecule has 0 aliphatic heterocycles. The van der Waals surface area contributed by atoms with Crippen molar-refractivity contribution in [2.75, 3.05) is 33.0 Å². The second-order valence-corrected chi connectivity index (χ2v) is 3.85. The van der Waals surface area contributed by atoms with Crippen molar-refractivity contribution in [2.24, 2.45) is 0 Å². The van der Waals surface area contributed by atoms with Crippen molar-refractivity contribution >= 4 is 5.57 Å². The Morgan fingerprint density at radius 3 is 2.39 bits per heavy atom. The van der Waals surface area contributed by atoms with Gasteiger partial charge in [0.1, 0.15) is 6.61 Å². The molecule has 0 N–H and O–H groups in total. The van der Waals surface area contributed by atoms with Gasteiger partial charge in [0.25, 0.3) is 0 Å². The smallest absolute Gasteiger partial charge is 0.111 e. The molecule has 0 radical (unpaired) electrons. The first-order valence-corrected chi connectivity index (χ1v) is 6.34. The zero-order valence-corrected chi connectivity index (χ0v) is 11.2. The molecule has 0 heterocycles. The van der Waals surface area contributed by atoms with Gasteiger partial charge in [-0.15, -0.1) is 0 Å². The van der Waals surface area contributed by atoms with E-state index < -0.39 is 0 Å². The Bertz CT molecular complexity index is 333. The molecular formula is C15H22O3. The van der Waals surface area contributed by atoms with Crippen LogP contribution in [0.25, 0.3) is 5.57 Å². The van der Waals surface area contributed by atoms with Crippen molar-refractivity contribution < 1.29 is 14.2 Å². The van der Waals surface area contributed by atoms with E-state index in [1.54, 1.807) is 6.26 Å². The average Bonchev–Trinajstić information content (AvgIpc) is 2.42. The first-order chi connectivity index (χ1) is 8.84. The third-order valence-corrected chi connectivity index (χ3v) is 2.41. The highest BCUT2D eigenvalue weighted by Gasteiger charge is 1.94. The number of rotatable bonds is 9. The maximum absolute atomic E-state index is 5.43. The van der Waals surface area contributed by atoms with Gasteiger partial charge in [-0.3, -0.25) is 0 Å². The van der Waals surface area contributed by atoms with Crippen LogP contribution in [0.3, 0.4) is 0 Å². The van der Waals surface area contributed by atoms with E-state index in [-0.39, 0.29) is 0 Å². The second-order valence-electron chi connectivity index (χ2n) is 3.85. The molecule has 1 aromatic rings. The summed E-state index contributed by atoms with van der Waals surface area (Å²) in [6.45, 7) is 7.17. The minimum atomic E-state index is 0.566. The van der Waals surface area contributed by atoms with Crippen LogP contribution in [0.2, 0.25) is 0 Å². The summed E-state index contributed by atoms with van der Waals surface area (Å²) in [4.78, 5) is 0. The SMILES string of the molecule is CCOCCOCCOC=C(C)c1ccccc1. The van der Waals surface area contributed by atoms with Crippen LogP contribution < -0.4 is 0 Å². The van der Waals surface area contributed by atoms with Crippen LogP contribution in [0.5, 0.6) is 0 Å². The Morgan fingerprint density at radius 1 is 1.00 bits per heavy atom. The van der Waals surface area contributed by atoms with E-state index in [4.69, 9.17) is 14.2 Å². The first-order valence-electron chi connectivity index (χ1n) is 6.34. The lowest BCUT2D eigenvalue weighted by molar-refractivity contribution is 0.0343. The predicted octanol–water partition coefficient (Wildman–Crippen LogP) is 3.12. The molecule has 0 unspecified atom stereocenters. The van der Waals surface area contributed by atoms with E-state index in [1.165, 1.54) is 5.56 Å². The Morgan fingerprint density at radius 2 is 1.67 bits per heavy atom. The molecule has 0 saturated heterocycles. The highest BCUT2D eigenvalue weighted by molar-refractivity contribution is 5.62. The van der Waals surface area contributed by atoms with Crippen LogP contribution in [0.1, 0.15) is 19.4 Å². The van der Waals surface area contributed by atoms with Crippen LogP contribution in [0, 0.1) is 0 Å². The lowest BCUT2D eigenvalue weighted by Gasteiger charge is -2.05. The zero-order valence-electron chi connectivity index (χ0n) is 11.2. The summed E-state index contributed by atoms with van der Waals surface area (Å²) in [6.07, 6.45) is 1.78. The molecule has 0 bridgehead atoms. The van der Waals surface area contributed by atoms with E-state index in [0.29, 0.717) is 26.4 Å². The van der Waals surface area contributed by atoms with Crippen LogP contribution in [-0.4, -0.2) is 33.0 Å². The van der Waals surface area contributed by atoms with Gasteiger partial charge in [0.2, 0.25) is 0 Å². The fraction of sp³-hybridized carbons (Fsp3) is 0.467. The predicted molar refractivity (Wildman–Crippen MR) is 73.4 cm³/mol. The Kier molecular flexibility index (Phi) is 7.93. The molecule has 0 spiro atoms. The van der Waals surface area contributed by atoms with Crippen molar-refractivity contribution in [3.63, 3.8) is 0 Å². The highest BCUT2D eigenvalue weighted by atomic mass is 16.5. The highest BCUT2D eigenvalue weighted by Crippen LogP contribution is 2.12. The molecule has 0 amide bonds. The lowest BCUT2D eigenvalue weighted by atomic mass is 10.1. The Balaban J connectivity index is 2.10. The maximum Gasteiger partial charge on any atom is 0.111 e. The van der Waals surface area contributed by atoms with E-state index in [9.17, 15) is 0 Å². The molecule has 3 heteroatoms. The topological polar surface area (TPSA) is 27.7 Å². The third kappa shape index (κ3) is 6.42. The van der Waals surface area contributed by atoms with Gasteiger partial charge in [-0.1, -0.05) is 30.3 Å². The van der Waals surface area contributed by atoms with Crippen molar-refractivity contribution in [1.82, 2.24) is 0 Å². The number of allylic oxidation sites excluding steroid dienone is 1. The van der Waals surface area contributed by atoms with E-state index in [0.717, 1.165) is 12.2 Å². The number of ether oxygens (including phenoxy) is 3. The number of benzene rings is 1. The summed E-state index contributed by atoms with van der Waals surface area (Å²) in [5.74, 6) is 0. The van der Waals surface area contributed by atoms with Crippen molar-refractivity contribution in [3.05, 3.63) is 42.2 Å². The van der Waals surface area contributed by atoms with Crippen LogP contribution in [0.15, 0.2) is 36.6 Å². The van der Waals surface area contributed by atoms with Gasteiger partial charge in [0.15, 0.2) is 0 Å². The van der Waals surface area contributed by atoms with Crippen molar-refractivity contribution in [1.29, 1.82) is 0 Å². The van der Waals surface area contributed by atoms with E-state index >= 15 is 0 Å². The fourth-order valence-corrected chi connectivity index (χ4v) is 1.42. The fourth-order valence-electron chi connectivity index (χ4n) is 1.42. The van der Waals surface area contributed by atoms with Gasteiger partial charge in [-0.05, 0) is 25.0 Å². The molecule has 0 atom stereocenters. The molecule has 100 valence electrons. The normalized spacial score (nSPS) is 11.6. The summed E-state index contributed by atoms with van der Waals surface area (Å²) in [5.41, 5.74) is 2.29. The van der Waals surface area contributed by atoms with Crippen LogP contribution in [0.4, 0.5) is 0 Å². The summed E-state index contributed by atoms with van der Waals surface area (Å²) in [5, 5.41) is 0. The minimum Gasteiger partial charge on any atom is -0.498 e. The molecule has 0 fully saturated rings. The molecule has 0 aliphatic carbocycles.